The van der Waals surface area contributed by atoms with Gasteiger partial charge in [0.2, 0.25) is 10.0 Å². The van der Waals surface area contributed by atoms with E-state index in [9.17, 15) is 13.2 Å². The van der Waals surface area contributed by atoms with E-state index in [0.29, 0.717) is 29.5 Å². The molecular weight excluding hydrogens is 388 g/mol. The molecule has 1 amide bonds. The predicted molar refractivity (Wildman–Crippen MR) is 107 cm³/mol. The minimum absolute atomic E-state index is 0.144. The van der Waals surface area contributed by atoms with Crippen molar-refractivity contribution in [3.8, 4) is 5.75 Å². The minimum atomic E-state index is -3.60. The standard InChI is InChI=1S/C19H23ClN2O4S/c1-4-22(5-2)27(24,25)17-11-6-14(3)18(12-17)21-19(23)13-26-16-9-7-15(20)8-10-16/h6-12H,4-5,13H2,1-3H3,(H,21,23). The molecule has 146 valence electrons. The molecule has 6 nitrogen and oxygen atoms in total. The Morgan fingerprint density at radius 3 is 2.33 bits per heavy atom. The maximum absolute atomic E-state index is 12.7. The summed E-state index contributed by atoms with van der Waals surface area (Å²) in [7, 11) is -3.60. The van der Waals surface area contributed by atoms with Crippen LogP contribution in [0.1, 0.15) is 19.4 Å². The number of ether oxygens (including phenoxy) is 1. The number of rotatable bonds is 8. The molecule has 1 N–H and O–H groups in total. The largest absolute Gasteiger partial charge is 0.484 e. The summed E-state index contributed by atoms with van der Waals surface area (Å²) in [5.74, 6) is 0.134. The molecular formula is C19H23ClN2O4S. The van der Waals surface area contributed by atoms with E-state index < -0.39 is 10.0 Å². The molecule has 0 bridgehead atoms. The average molecular weight is 411 g/mol. The third-order valence-electron chi connectivity index (χ3n) is 4.01. The average Bonchev–Trinajstić information content (AvgIpc) is 2.63. The minimum Gasteiger partial charge on any atom is -0.484 e. The highest BCUT2D eigenvalue weighted by Gasteiger charge is 2.22. The lowest BCUT2D eigenvalue weighted by Crippen LogP contribution is -2.30. The number of halogens is 1. The Hall–Kier alpha value is -2.09. The zero-order valence-electron chi connectivity index (χ0n) is 15.5. The van der Waals surface area contributed by atoms with Crippen LogP contribution in [-0.4, -0.2) is 38.3 Å². The highest BCUT2D eigenvalue weighted by molar-refractivity contribution is 7.89. The molecule has 0 atom stereocenters. The normalized spacial score (nSPS) is 11.4. The van der Waals surface area contributed by atoms with Crippen LogP contribution in [0.3, 0.4) is 0 Å². The molecule has 0 saturated carbocycles. The molecule has 2 aromatic carbocycles. The van der Waals surface area contributed by atoms with Crippen molar-refractivity contribution in [1.82, 2.24) is 4.31 Å². The number of benzene rings is 2. The van der Waals surface area contributed by atoms with Crippen LogP contribution in [0.2, 0.25) is 5.02 Å². The quantitative estimate of drug-likeness (QED) is 0.720. The number of carbonyl (C=O) groups is 1. The number of nitrogens with one attached hydrogen (secondary N) is 1. The lowest BCUT2D eigenvalue weighted by atomic mass is 10.2. The summed E-state index contributed by atoms with van der Waals surface area (Å²) in [6.07, 6.45) is 0. The molecule has 0 unspecified atom stereocenters. The first kappa shape index (κ1) is 21.2. The van der Waals surface area contributed by atoms with E-state index in [4.69, 9.17) is 16.3 Å². The van der Waals surface area contributed by atoms with Gasteiger partial charge >= 0.3 is 0 Å². The Balaban J connectivity index is 2.11. The Morgan fingerprint density at radius 1 is 1.11 bits per heavy atom. The molecule has 27 heavy (non-hydrogen) atoms. The second-order valence-electron chi connectivity index (χ2n) is 5.86. The van der Waals surface area contributed by atoms with Gasteiger partial charge in [0.05, 0.1) is 4.90 Å². The van der Waals surface area contributed by atoms with Crippen molar-refractivity contribution in [2.45, 2.75) is 25.7 Å². The van der Waals surface area contributed by atoms with Gasteiger partial charge < -0.3 is 10.1 Å². The summed E-state index contributed by atoms with van der Waals surface area (Å²) in [5.41, 5.74) is 1.20. The fourth-order valence-corrected chi connectivity index (χ4v) is 4.09. The lowest BCUT2D eigenvalue weighted by Gasteiger charge is -2.19. The summed E-state index contributed by atoms with van der Waals surface area (Å²) in [6, 6.07) is 11.4. The smallest absolute Gasteiger partial charge is 0.262 e. The van der Waals surface area contributed by atoms with Crippen LogP contribution in [0.4, 0.5) is 5.69 Å². The van der Waals surface area contributed by atoms with Gasteiger partial charge in [-0.25, -0.2) is 8.42 Å². The predicted octanol–water partition coefficient (Wildman–Crippen LogP) is 3.70. The maximum Gasteiger partial charge on any atom is 0.262 e. The zero-order valence-corrected chi connectivity index (χ0v) is 17.1. The molecule has 2 rings (SSSR count). The van der Waals surface area contributed by atoms with Gasteiger partial charge in [0, 0.05) is 23.8 Å². The fourth-order valence-electron chi connectivity index (χ4n) is 2.47. The first-order valence-electron chi connectivity index (χ1n) is 8.57. The number of hydrogen-bond donors (Lipinski definition) is 1. The maximum atomic E-state index is 12.7. The molecule has 0 fully saturated rings. The van der Waals surface area contributed by atoms with E-state index in [1.807, 2.05) is 0 Å². The van der Waals surface area contributed by atoms with E-state index in [1.54, 1.807) is 57.2 Å². The third-order valence-corrected chi connectivity index (χ3v) is 6.31. The number of aryl methyl sites for hydroxylation is 1. The number of sulfonamides is 1. The van der Waals surface area contributed by atoms with E-state index >= 15 is 0 Å². The van der Waals surface area contributed by atoms with Gasteiger partial charge in [0.25, 0.3) is 5.91 Å². The molecule has 0 radical (unpaired) electrons. The molecule has 0 aliphatic rings. The molecule has 2 aromatic rings. The van der Waals surface area contributed by atoms with Crippen molar-refractivity contribution in [2.24, 2.45) is 0 Å². The van der Waals surface area contributed by atoms with Crippen LogP contribution in [0.5, 0.6) is 5.75 Å². The van der Waals surface area contributed by atoms with Gasteiger partial charge in [-0.2, -0.15) is 4.31 Å². The van der Waals surface area contributed by atoms with E-state index in [0.717, 1.165) is 5.56 Å². The highest BCUT2D eigenvalue weighted by Crippen LogP contribution is 2.23. The Labute approximate surface area is 165 Å². The van der Waals surface area contributed by atoms with Crippen LogP contribution < -0.4 is 10.1 Å². The van der Waals surface area contributed by atoms with Gasteiger partial charge in [-0.15, -0.1) is 0 Å². The van der Waals surface area contributed by atoms with Crippen LogP contribution in [-0.2, 0) is 14.8 Å². The summed E-state index contributed by atoms with van der Waals surface area (Å²) >= 11 is 5.81. The molecule has 0 spiro atoms. The number of anilines is 1. The summed E-state index contributed by atoms with van der Waals surface area (Å²) in [4.78, 5) is 12.3. The Bertz CT molecular complexity index is 894. The van der Waals surface area contributed by atoms with Gasteiger partial charge in [0.1, 0.15) is 5.75 Å². The van der Waals surface area contributed by atoms with Crippen molar-refractivity contribution in [3.63, 3.8) is 0 Å². The number of hydrogen-bond acceptors (Lipinski definition) is 4. The second-order valence-corrected chi connectivity index (χ2v) is 8.23. The van der Waals surface area contributed by atoms with Crippen LogP contribution in [0.15, 0.2) is 47.4 Å². The second kappa shape index (κ2) is 9.21. The molecule has 0 aliphatic carbocycles. The van der Waals surface area contributed by atoms with E-state index in [1.165, 1.54) is 10.4 Å². The summed E-state index contributed by atoms with van der Waals surface area (Å²) < 4.78 is 32.1. The molecule has 0 aromatic heterocycles. The van der Waals surface area contributed by atoms with E-state index in [-0.39, 0.29) is 17.4 Å². The number of carbonyl (C=O) groups excluding carboxylic acids is 1. The van der Waals surface area contributed by atoms with Crippen molar-refractivity contribution in [2.75, 3.05) is 25.0 Å². The van der Waals surface area contributed by atoms with Crippen molar-refractivity contribution in [3.05, 3.63) is 53.1 Å². The third kappa shape index (κ3) is 5.45. The van der Waals surface area contributed by atoms with Gasteiger partial charge in [-0.05, 0) is 48.9 Å². The topological polar surface area (TPSA) is 75.7 Å². The van der Waals surface area contributed by atoms with Crippen molar-refractivity contribution < 1.29 is 17.9 Å². The van der Waals surface area contributed by atoms with Crippen LogP contribution in [0, 0.1) is 6.92 Å². The Kier molecular flexibility index (Phi) is 7.24. The zero-order chi connectivity index (χ0) is 20.0. The van der Waals surface area contributed by atoms with Gasteiger partial charge in [0.15, 0.2) is 6.61 Å². The van der Waals surface area contributed by atoms with Crippen LogP contribution >= 0.6 is 11.6 Å². The fraction of sp³-hybridized carbons (Fsp3) is 0.316. The molecule has 8 heteroatoms. The van der Waals surface area contributed by atoms with E-state index in [2.05, 4.69) is 5.32 Å². The van der Waals surface area contributed by atoms with Crippen molar-refractivity contribution in [1.29, 1.82) is 0 Å². The van der Waals surface area contributed by atoms with Gasteiger partial charge in [-0.3, -0.25) is 4.79 Å². The highest BCUT2D eigenvalue weighted by atomic mass is 35.5. The molecule has 0 heterocycles. The number of nitrogens with zero attached hydrogens (tertiary/aromatic N) is 1. The first-order valence-corrected chi connectivity index (χ1v) is 10.4. The number of amides is 1. The van der Waals surface area contributed by atoms with Crippen molar-refractivity contribution >= 4 is 33.2 Å². The lowest BCUT2D eigenvalue weighted by molar-refractivity contribution is -0.118. The summed E-state index contributed by atoms with van der Waals surface area (Å²) in [5, 5.41) is 3.28. The molecule has 0 aliphatic heterocycles. The summed E-state index contributed by atoms with van der Waals surface area (Å²) in [6.45, 7) is 5.92. The first-order chi connectivity index (χ1) is 12.8. The Morgan fingerprint density at radius 2 is 1.74 bits per heavy atom. The SMILES string of the molecule is CCN(CC)S(=O)(=O)c1ccc(C)c(NC(=O)COc2ccc(Cl)cc2)c1. The monoisotopic (exact) mass is 410 g/mol. The van der Waals surface area contributed by atoms with Gasteiger partial charge in [-0.1, -0.05) is 31.5 Å². The van der Waals surface area contributed by atoms with Crippen LogP contribution in [0.25, 0.3) is 0 Å². The molecule has 0 saturated heterocycles.